The number of nitrogens with two attached hydrogens (primary N) is 4. The first-order valence-corrected chi connectivity index (χ1v) is 12.9. The molecule has 0 aromatic heterocycles. The molecule has 9 nitrogen and oxygen atoms in total. The summed E-state index contributed by atoms with van der Waals surface area (Å²) in [5, 5.41) is 6.03. The minimum atomic E-state index is -0.741. The lowest BCUT2D eigenvalue weighted by Gasteiger charge is -2.25. The van der Waals surface area contributed by atoms with Crippen LogP contribution in [0, 0.1) is 6.92 Å². The van der Waals surface area contributed by atoms with E-state index >= 15 is 0 Å². The van der Waals surface area contributed by atoms with Crippen molar-refractivity contribution in [1.29, 1.82) is 0 Å². The molecule has 196 valence electrons. The Kier molecular flexibility index (Phi) is 10.8. The molecule has 10 N–H and O–H groups in total. The molecule has 1 unspecified atom stereocenters. The lowest BCUT2D eigenvalue weighted by molar-refractivity contribution is -0.117. The van der Waals surface area contributed by atoms with Crippen LogP contribution in [0.4, 0.5) is 11.4 Å². The van der Waals surface area contributed by atoms with E-state index in [9.17, 15) is 9.59 Å². The minimum absolute atomic E-state index is 0.00817. The van der Waals surface area contributed by atoms with E-state index in [0.29, 0.717) is 48.6 Å². The summed E-state index contributed by atoms with van der Waals surface area (Å²) < 4.78 is 0. The van der Waals surface area contributed by atoms with Crippen LogP contribution in [-0.2, 0) is 10.2 Å². The standard InChI is InChI=1S/C26H39N7O2S/c1-16-7-5-8-17(13-16)23(34)32-20-14-18(26(2,3)4)15-21(22(20)36-12-10-27)33-24(35)19(28)9-6-11-31-25(29)30/h5,7-8,13-15,19H,6,9-12,27-28H2,1-4H3,(H,32,34)(H,33,35)(H4,29,30,31). The third-order valence-corrected chi connectivity index (χ3v) is 6.58. The zero-order valence-corrected chi connectivity index (χ0v) is 22.4. The van der Waals surface area contributed by atoms with Crippen molar-refractivity contribution in [2.75, 3.05) is 29.5 Å². The van der Waals surface area contributed by atoms with E-state index in [-0.39, 0.29) is 23.2 Å². The average molecular weight is 514 g/mol. The fourth-order valence-electron chi connectivity index (χ4n) is 3.42. The van der Waals surface area contributed by atoms with Crippen LogP contribution in [0.2, 0.25) is 0 Å². The van der Waals surface area contributed by atoms with Gasteiger partial charge in [0.25, 0.3) is 5.91 Å². The van der Waals surface area contributed by atoms with E-state index in [1.165, 1.54) is 11.8 Å². The summed E-state index contributed by atoms with van der Waals surface area (Å²) in [7, 11) is 0. The first-order valence-electron chi connectivity index (χ1n) is 11.9. The van der Waals surface area contributed by atoms with Gasteiger partial charge in [-0.25, -0.2) is 0 Å². The number of aryl methyl sites for hydroxylation is 1. The molecule has 0 heterocycles. The van der Waals surface area contributed by atoms with Crippen molar-refractivity contribution in [2.45, 2.75) is 56.9 Å². The summed E-state index contributed by atoms with van der Waals surface area (Å²) in [6.07, 6.45) is 0.991. The average Bonchev–Trinajstić information content (AvgIpc) is 2.80. The van der Waals surface area contributed by atoms with Gasteiger partial charge in [0.05, 0.1) is 22.3 Å². The summed E-state index contributed by atoms with van der Waals surface area (Å²) in [5.74, 6) is 0.0634. The molecular formula is C26H39N7O2S. The molecule has 36 heavy (non-hydrogen) atoms. The number of amides is 2. The minimum Gasteiger partial charge on any atom is -0.370 e. The molecule has 0 saturated carbocycles. The Hall–Kier alpha value is -3.08. The summed E-state index contributed by atoms with van der Waals surface area (Å²) in [4.78, 5) is 30.7. The third-order valence-electron chi connectivity index (χ3n) is 5.41. The summed E-state index contributed by atoms with van der Waals surface area (Å²) in [5.41, 5.74) is 26.1. The maximum Gasteiger partial charge on any atom is 0.255 e. The molecule has 1 atom stereocenters. The molecule has 2 aromatic rings. The second-order valence-corrected chi connectivity index (χ2v) is 10.8. The molecule has 0 radical (unpaired) electrons. The quantitative estimate of drug-likeness (QED) is 0.116. The van der Waals surface area contributed by atoms with Crippen molar-refractivity contribution < 1.29 is 9.59 Å². The maximum absolute atomic E-state index is 13.1. The second kappa shape index (κ2) is 13.3. The predicted octanol–water partition coefficient (Wildman–Crippen LogP) is 2.92. The number of hydrogen-bond donors (Lipinski definition) is 6. The lowest BCUT2D eigenvalue weighted by Crippen LogP contribution is -2.36. The van der Waals surface area contributed by atoms with Crippen LogP contribution in [0.3, 0.4) is 0 Å². The smallest absolute Gasteiger partial charge is 0.255 e. The molecule has 10 heteroatoms. The van der Waals surface area contributed by atoms with E-state index in [0.717, 1.165) is 16.0 Å². The highest BCUT2D eigenvalue weighted by Crippen LogP contribution is 2.39. The predicted molar refractivity (Wildman–Crippen MR) is 151 cm³/mol. The number of nitrogens with zero attached hydrogens (tertiary/aromatic N) is 1. The number of hydrogen-bond acceptors (Lipinski definition) is 6. The van der Waals surface area contributed by atoms with Crippen LogP contribution in [-0.4, -0.2) is 42.7 Å². The van der Waals surface area contributed by atoms with Crippen molar-refractivity contribution in [3.05, 3.63) is 53.1 Å². The maximum atomic E-state index is 13.1. The van der Waals surface area contributed by atoms with Gasteiger partial charge >= 0.3 is 0 Å². The second-order valence-electron chi connectivity index (χ2n) is 9.66. The number of carbonyl (C=O) groups is 2. The Morgan fingerprint density at radius 3 is 2.33 bits per heavy atom. The lowest BCUT2D eigenvalue weighted by atomic mass is 9.86. The van der Waals surface area contributed by atoms with Crippen LogP contribution < -0.4 is 33.6 Å². The van der Waals surface area contributed by atoms with Crippen LogP contribution in [0.5, 0.6) is 0 Å². The molecule has 0 spiro atoms. The number of anilines is 2. The van der Waals surface area contributed by atoms with Crippen molar-refractivity contribution in [3.63, 3.8) is 0 Å². The van der Waals surface area contributed by atoms with E-state index < -0.39 is 6.04 Å². The van der Waals surface area contributed by atoms with Gasteiger partial charge in [-0.2, -0.15) is 0 Å². The fraction of sp³-hybridized carbons (Fsp3) is 0.423. The fourth-order valence-corrected chi connectivity index (χ4v) is 4.27. The molecule has 0 aliphatic heterocycles. The number of aliphatic imine (C=N–C) groups is 1. The van der Waals surface area contributed by atoms with Crippen LogP contribution >= 0.6 is 11.8 Å². The van der Waals surface area contributed by atoms with Gasteiger partial charge in [0, 0.05) is 24.4 Å². The first kappa shape index (κ1) is 29.2. The van der Waals surface area contributed by atoms with Crippen molar-refractivity contribution in [1.82, 2.24) is 0 Å². The van der Waals surface area contributed by atoms with Gasteiger partial charge in [0.15, 0.2) is 5.96 Å². The topological polar surface area (TPSA) is 175 Å². The van der Waals surface area contributed by atoms with Crippen molar-refractivity contribution in [2.24, 2.45) is 27.9 Å². The van der Waals surface area contributed by atoms with Crippen LogP contribution in [0.25, 0.3) is 0 Å². The zero-order valence-electron chi connectivity index (χ0n) is 21.6. The molecule has 0 saturated heterocycles. The van der Waals surface area contributed by atoms with E-state index in [2.05, 4.69) is 36.4 Å². The van der Waals surface area contributed by atoms with Crippen molar-refractivity contribution in [3.8, 4) is 0 Å². The molecule has 2 amide bonds. The van der Waals surface area contributed by atoms with Gasteiger partial charge in [0.2, 0.25) is 5.91 Å². The first-order chi connectivity index (χ1) is 16.9. The van der Waals surface area contributed by atoms with E-state index in [4.69, 9.17) is 22.9 Å². The summed E-state index contributed by atoms with van der Waals surface area (Å²) in [6, 6.07) is 10.5. The number of rotatable bonds is 11. The molecule has 0 bridgehead atoms. The Labute approximate surface area is 217 Å². The number of carbonyl (C=O) groups excluding carboxylic acids is 2. The molecule has 0 aliphatic carbocycles. The van der Waals surface area contributed by atoms with Gasteiger partial charge in [-0.05, 0) is 55.0 Å². The summed E-state index contributed by atoms with van der Waals surface area (Å²) in [6.45, 7) is 8.99. The van der Waals surface area contributed by atoms with Gasteiger partial charge in [-0.3, -0.25) is 14.6 Å². The number of guanidine groups is 1. The highest BCUT2D eigenvalue weighted by molar-refractivity contribution is 7.99. The molecule has 0 aliphatic rings. The van der Waals surface area contributed by atoms with Crippen LogP contribution in [0.15, 0.2) is 46.3 Å². The Morgan fingerprint density at radius 2 is 1.75 bits per heavy atom. The Bertz CT molecular complexity index is 1090. The normalized spacial score (nSPS) is 12.1. The van der Waals surface area contributed by atoms with E-state index in [1.807, 2.05) is 37.3 Å². The van der Waals surface area contributed by atoms with E-state index in [1.54, 1.807) is 6.07 Å². The Balaban J connectivity index is 2.40. The molecule has 0 fully saturated rings. The van der Waals surface area contributed by atoms with Gasteiger partial charge in [0.1, 0.15) is 0 Å². The highest BCUT2D eigenvalue weighted by Gasteiger charge is 2.23. The number of thioether (sulfide) groups is 1. The monoisotopic (exact) mass is 513 g/mol. The van der Waals surface area contributed by atoms with Gasteiger partial charge in [-0.1, -0.05) is 38.5 Å². The van der Waals surface area contributed by atoms with Gasteiger partial charge < -0.3 is 33.6 Å². The Morgan fingerprint density at radius 1 is 1.08 bits per heavy atom. The molecule has 2 aromatic carbocycles. The summed E-state index contributed by atoms with van der Waals surface area (Å²) >= 11 is 1.47. The van der Waals surface area contributed by atoms with Crippen LogP contribution in [0.1, 0.15) is 55.1 Å². The third kappa shape index (κ3) is 8.85. The zero-order chi connectivity index (χ0) is 26.9. The number of nitrogens with one attached hydrogen (secondary N) is 2. The number of benzene rings is 2. The molecular weight excluding hydrogens is 474 g/mol. The highest BCUT2D eigenvalue weighted by atomic mass is 32.2. The largest absolute Gasteiger partial charge is 0.370 e. The van der Waals surface area contributed by atoms with Crippen molar-refractivity contribution >= 4 is 40.9 Å². The van der Waals surface area contributed by atoms with Gasteiger partial charge in [-0.15, -0.1) is 11.8 Å². The SMILES string of the molecule is Cc1cccc(C(=O)Nc2cc(C(C)(C)C)cc(NC(=O)C(N)CCCN=C(N)N)c2SCCN)c1. The molecule has 2 rings (SSSR count).